The second-order valence-electron chi connectivity index (χ2n) is 4.31. The monoisotopic (exact) mass is 305 g/mol. The molecule has 0 aliphatic carbocycles. The summed E-state index contributed by atoms with van der Waals surface area (Å²) in [5.41, 5.74) is 0.217. The first-order valence-corrected chi connectivity index (χ1v) is 6.50. The maximum atomic E-state index is 12.1. The van der Waals surface area contributed by atoms with Gasteiger partial charge in [-0.25, -0.2) is 4.90 Å². The molecule has 1 aliphatic heterocycles. The number of hydrogen-bond donors (Lipinski definition) is 0. The maximum absolute atomic E-state index is 12.1. The average molecular weight is 307 g/mol. The summed E-state index contributed by atoms with van der Waals surface area (Å²) >= 11 is 17.9. The second-order valence-corrected chi connectivity index (χ2v) is 5.56. The standard InChI is InChI=1S/C12H10Cl3NO2/c1-5-6(2)12(18)16(11(5)17)10-8(14)3-7(13)4-9(10)15/h3-6H,1-2H3. The Morgan fingerprint density at radius 3 is 1.72 bits per heavy atom. The Labute approximate surface area is 120 Å². The number of amides is 2. The Balaban J connectivity index is 2.57. The van der Waals surface area contributed by atoms with Crippen LogP contribution < -0.4 is 4.90 Å². The largest absolute Gasteiger partial charge is 0.274 e. The quantitative estimate of drug-likeness (QED) is 0.740. The van der Waals surface area contributed by atoms with Crippen LogP contribution in [0.2, 0.25) is 15.1 Å². The Kier molecular flexibility index (Phi) is 3.58. The molecule has 1 saturated heterocycles. The lowest BCUT2D eigenvalue weighted by molar-refractivity contribution is -0.122. The van der Waals surface area contributed by atoms with Gasteiger partial charge in [-0.2, -0.15) is 0 Å². The molecule has 2 rings (SSSR count). The third-order valence-corrected chi connectivity index (χ3v) is 3.97. The van der Waals surface area contributed by atoms with Gasteiger partial charge < -0.3 is 0 Å². The van der Waals surface area contributed by atoms with Crippen LogP contribution in [0, 0.1) is 11.8 Å². The molecule has 2 amide bonds. The van der Waals surface area contributed by atoms with Crippen molar-refractivity contribution in [3.8, 4) is 0 Å². The number of hydrogen-bond acceptors (Lipinski definition) is 2. The normalized spacial score (nSPS) is 23.9. The van der Waals surface area contributed by atoms with E-state index in [-0.39, 0.29) is 39.4 Å². The molecule has 2 unspecified atom stereocenters. The highest BCUT2D eigenvalue weighted by atomic mass is 35.5. The first-order chi connectivity index (χ1) is 8.34. The van der Waals surface area contributed by atoms with Gasteiger partial charge in [-0.1, -0.05) is 48.7 Å². The van der Waals surface area contributed by atoms with E-state index >= 15 is 0 Å². The zero-order valence-electron chi connectivity index (χ0n) is 9.71. The van der Waals surface area contributed by atoms with Gasteiger partial charge in [-0.05, 0) is 12.1 Å². The van der Waals surface area contributed by atoms with E-state index in [0.717, 1.165) is 4.90 Å². The molecule has 18 heavy (non-hydrogen) atoms. The van der Waals surface area contributed by atoms with Crippen molar-refractivity contribution in [2.24, 2.45) is 11.8 Å². The van der Waals surface area contributed by atoms with Crippen LogP contribution in [-0.4, -0.2) is 11.8 Å². The lowest BCUT2D eigenvalue weighted by atomic mass is 10.00. The molecule has 96 valence electrons. The minimum absolute atomic E-state index is 0.190. The predicted molar refractivity (Wildman–Crippen MR) is 72.3 cm³/mol. The number of halogens is 3. The number of benzene rings is 1. The van der Waals surface area contributed by atoms with Crippen molar-refractivity contribution < 1.29 is 9.59 Å². The first kappa shape index (κ1) is 13.7. The van der Waals surface area contributed by atoms with Crippen molar-refractivity contribution in [2.75, 3.05) is 4.90 Å². The van der Waals surface area contributed by atoms with Crippen molar-refractivity contribution in [1.29, 1.82) is 0 Å². The zero-order chi connectivity index (χ0) is 13.6. The molecule has 6 heteroatoms. The van der Waals surface area contributed by atoms with E-state index in [1.807, 2.05) is 0 Å². The molecule has 1 fully saturated rings. The zero-order valence-corrected chi connectivity index (χ0v) is 12.0. The summed E-state index contributed by atoms with van der Waals surface area (Å²) in [5, 5.41) is 0.736. The van der Waals surface area contributed by atoms with Crippen molar-refractivity contribution in [3.63, 3.8) is 0 Å². The van der Waals surface area contributed by atoms with Gasteiger partial charge in [0.2, 0.25) is 11.8 Å². The Morgan fingerprint density at radius 2 is 1.33 bits per heavy atom. The Hall–Kier alpha value is -0.770. The van der Waals surface area contributed by atoms with Crippen molar-refractivity contribution in [1.82, 2.24) is 0 Å². The van der Waals surface area contributed by atoms with Gasteiger partial charge in [-0.3, -0.25) is 9.59 Å². The van der Waals surface area contributed by atoms with E-state index in [0.29, 0.717) is 5.02 Å². The molecule has 1 aromatic carbocycles. The van der Waals surface area contributed by atoms with Crippen molar-refractivity contribution >= 4 is 52.3 Å². The Bertz CT molecular complexity index is 501. The second kappa shape index (κ2) is 4.72. The van der Waals surface area contributed by atoms with Gasteiger partial charge in [0, 0.05) is 16.9 Å². The van der Waals surface area contributed by atoms with Gasteiger partial charge in [0.25, 0.3) is 0 Å². The highest BCUT2D eigenvalue weighted by molar-refractivity contribution is 6.44. The van der Waals surface area contributed by atoms with Crippen LogP contribution in [-0.2, 0) is 9.59 Å². The van der Waals surface area contributed by atoms with Crippen LogP contribution in [0.5, 0.6) is 0 Å². The Morgan fingerprint density at radius 1 is 0.944 bits per heavy atom. The molecule has 2 atom stereocenters. The number of carbonyl (C=O) groups excluding carboxylic acids is 2. The van der Waals surface area contributed by atoms with Gasteiger partial charge in [-0.15, -0.1) is 0 Å². The smallest absolute Gasteiger partial charge is 0.237 e. The van der Waals surface area contributed by atoms with Crippen LogP contribution >= 0.6 is 34.8 Å². The maximum Gasteiger partial charge on any atom is 0.237 e. The molecule has 3 nitrogen and oxygen atoms in total. The fourth-order valence-corrected chi connectivity index (χ4v) is 2.90. The summed E-state index contributed by atoms with van der Waals surface area (Å²) in [4.78, 5) is 25.2. The third-order valence-electron chi connectivity index (χ3n) is 3.18. The van der Waals surface area contributed by atoms with E-state index in [1.54, 1.807) is 13.8 Å². The SMILES string of the molecule is CC1C(=O)N(c2c(Cl)cc(Cl)cc2Cl)C(=O)C1C. The molecule has 0 N–H and O–H groups in total. The van der Waals surface area contributed by atoms with E-state index in [9.17, 15) is 9.59 Å². The van der Waals surface area contributed by atoms with E-state index < -0.39 is 0 Å². The van der Waals surface area contributed by atoms with Gasteiger partial charge in [0.05, 0.1) is 15.7 Å². The third kappa shape index (κ3) is 2.00. The van der Waals surface area contributed by atoms with Crippen LogP contribution in [0.4, 0.5) is 5.69 Å². The van der Waals surface area contributed by atoms with E-state index in [2.05, 4.69) is 0 Å². The molecule has 1 heterocycles. The van der Waals surface area contributed by atoms with Crippen molar-refractivity contribution in [2.45, 2.75) is 13.8 Å². The predicted octanol–water partition coefficient (Wildman–Crippen LogP) is 3.79. The average Bonchev–Trinajstić information content (AvgIpc) is 2.45. The van der Waals surface area contributed by atoms with E-state index in [1.165, 1.54) is 12.1 Å². The summed E-state index contributed by atoms with van der Waals surface area (Å²) in [7, 11) is 0. The van der Waals surface area contributed by atoms with Crippen LogP contribution in [0.1, 0.15) is 13.8 Å². The summed E-state index contributed by atoms with van der Waals surface area (Å²) in [6.45, 7) is 3.42. The van der Waals surface area contributed by atoms with Crippen molar-refractivity contribution in [3.05, 3.63) is 27.2 Å². The summed E-state index contributed by atoms with van der Waals surface area (Å²) in [6, 6.07) is 2.91. The molecule has 1 aromatic rings. The van der Waals surface area contributed by atoms with Gasteiger partial charge in [0.15, 0.2) is 0 Å². The fraction of sp³-hybridized carbons (Fsp3) is 0.333. The fourth-order valence-electron chi connectivity index (χ4n) is 1.91. The van der Waals surface area contributed by atoms with Gasteiger partial charge >= 0.3 is 0 Å². The molecule has 0 spiro atoms. The van der Waals surface area contributed by atoms with E-state index in [4.69, 9.17) is 34.8 Å². The number of nitrogens with zero attached hydrogens (tertiary/aromatic N) is 1. The molecular formula is C12H10Cl3NO2. The lowest BCUT2D eigenvalue weighted by Gasteiger charge is -2.18. The summed E-state index contributed by atoms with van der Waals surface area (Å²) < 4.78 is 0. The minimum atomic E-state index is -0.375. The van der Waals surface area contributed by atoms with Gasteiger partial charge in [0.1, 0.15) is 0 Å². The number of imide groups is 1. The molecular weight excluding hydrogens is 296 g/mol. The topological polar surface area (TPSA) is 37.4 Å². The van der Waals surface area contributed by atoms with Crippen LogP contribution in [0.25, 0.3) is 0 Å². The summed E-state index contributed by atoms with van der Waals surface area (Å²) in [6.07, 6.45) is 0. The first-order valence-electron chi connectivity index (χ1n) is 5.37. The number of carbonyl (C=O) groups is 2. The van der Waals surface area contributed by atoms with Crippen LogP contribution in [0.15, 0.2) is 12.1 Å². The summed E-state index contributed by atoms with van der Waals surface area (Å²) in [5.74, 6) is -1.34. The number of anilines is 1. The minimum Gasteiger partial charge on any atom is -0.274 e. The molecule has 0 aromatic heterocycles. The molecule has 0 saturated carbocycles. The lowest BCUT2D eigenvalue weighted by Crippen LogP contribution is -2.31. The molecule has 0 bridgehead atoms. The highest BCUT2D eigenvalue weighted by Crippen LogP contribution is 2.41. The number of rotatable bonds is 1. The molecule has 0 radical (unpaired) electrons. The van der Waals surface area contributed by atoms with Crippen LogP contribution in [0.3, 0.4) is 0 Å². The highest BCUT2D eigenvalue weighted by Gasteiger charge is 2.44. The molecule has 1 aliphatic rings.